The number of carbonyl (C=O) groups is 1. The first-order valence-corrected chi connectivity index (χ1v) is 8.14. The number of nitrogens with zero attached hydrogens (tertiary/aromatic N) is 2. The minimum atomic E-state index is -0.00567. The summed E-state index contributed by atoms with van der Waals surface area (Å²) in [5.41, 5.74) is 8.34. The quantitative estimate of drug-likeness (QED) is 0.948. The second-order valence-electron chi connectivity index (χ2n) is 5.37. The first kappa shape index (κ1) is 14.2. The molecule has 21 heavy (non-hydrogen) atoms. The summed E-state index contributed by atoms with van der Waals surface area (Å²) in [4.78, 5) is 19.0. The Morgan fingerprint density at radius 3 is 3.10 bits per heavy atom. The number of hydrogen-bond donors (Lipinski definition) is 1. The molecule has 0 saturated heterocycles. The molecule has 0 bridgehead atoms. The van der Waals surface area contributed by atoms with Gasteiger partial charge in [0.25, 0.3) is 5.91 Å². The van der Waals surface area contributed by atoms with E-state index in [1.165, 1.54) is 16.9 Å². The van der Waals surface area contributed by atoms with Gasteiger partial charge in [0, 0.05) is 24.0 Å². The highest BCUT2D eigenvalue weighted by atomic mass is 32.1. The van der Waals surface area contributed by atoms with Crippen LogP contribution in [-0.2, 0) is 6.42 Å². The zero-order valence-corrected chi connectivity index (χ0v) is 12.9. The van der Waals surface area contributed by atoms with Crippen LogP contribution in [0.4, 0.5) is 5.69 Å². The number of para-hydroxylation sites is 1. The van der Waals surface area contributed by atoms with Crippen LogP contribution in [0.1, 0.15) is 40.3 Å². The molecule has 1 atom stereocenters. The summed E-state index contributed by atoms with van der Waals surface area (Å²) in [5.74, 6) is 0.488. The summed E-state index contributed by atoms with van der Waals surface area (Å²) < 4.78 is 0. The highest BCUT2D eigenvalue weighted by molar-refractivity contribution is 7.09. The van der Waals surface area contributed by atoms with Gasteiger partial charge in [-0.1, -0.05) is 25.1 Å². The smallest absolute Gasteiger partial charge is 0.277 e. The number of anilines is 1. The topological polar surface area (TPSA) is 59.2 Å². The van der Waals surface area contributed by atoms with Crippen molar-refractivity contribution in [3.63, 3.8) is 0 Å². The molecule has 1 aromatic heterocycles. The van der Waals surface area contributed by atoms with Crippen molar-refractivity contribution in [1.82, 2.24) is 4.98 Å². The van der Waals surface area contributed by atoms with Crippen molar-refractivity contribution in [3.05, 3.63) is 45.9 Å². The van der Waals surface area contributed by atoms with Gasteiger partial charge in [-0.05, 0) is 30.5 Å². The van der Waals surface area contributed by atoms with Crippen molar-refractivity contribution >= 4 is 22.9 Å². The fraction of sp³-hybridized carbons (Fsp3) is 0.375. The third-order valence-electron chi connectivity index (χ3n) is 3.92. The third-order valence-corrected chi connectivity index (χ3v) is 4.83. The lowest BCUT2D eigenvalue weighted by Gasteiger charge is -2.32. The normalized spacial score (nSPS) is 17.6. The molecule has 0 saturated carbocycles. The first-order chi connectivity index (χ1) is 10.2. The molecule has 4 nitrogen and oxygen atoms in total. The Morgan fingerprint density at radius 1 is 1.48 bits per heavy atom. The second-order valence-corrected chi connectivity index (χ2v) is 6.31. The second kappa shape index (κ2) is 5.95. The molecule has 1 amide bonds. The molecular formula is C16H19N3OS. The minimum absolute atomic E-state index is 0.00567. The van der Waals surface area contributed by atoms with Crippen molar-refractivity contribution in [1.29, 1.82) is 0 Å². The largest absolute Gasteiger partial charge is 0.330 e. The lowest BCUT2D eigenvalue weighted by Crippen LogP contribution is -2.36. The van der Waals surface area contributed by atoms with E-state index < -0.39 is 0 Å². The fourth-order valence-electron chi connectivity index (χ4n) is 2.75. The van der Waals surface area contributed by atoms with E-state index >= 15 is 0 Å². The van der Waals surface area contributed by atoms with E-state index in [1.54, 1.807) is 0 Å². The van der Waals surface area contributed by atoms with Crippen molar-refractivity contribution in [2.24, 2.45) is 5.73 Å². The number of hydrogen-bond acceptors (Lipinski definition) is 4. The van der Waals surface area contributed by atoms with Crippen LogP contribution in [0.5, 0.6) is 0 Å². The molecular weight excluding hydrogens is 282 g/mol. The standard InChI is InChI=1S/C16H19N3OS/c1-11-7-9-19(14-5-3-2-4-12(11)14)16(20)13-10-21-15(18-13)6-8-17/h2-5,10-11H,6-9,17H2,1H3. The van der Waals surface area contributed by atoms with Gasteiger partial charge in [0.1, 0.15) is 5.69 Å². The van der Waals surface area contributed by atoms with Gasteiger partial charge in [0.05, 0.1) is 5.01 Å². The highest BCUT2D eigenvalue weighted by Gasteiger charge is 2.27. The van der Waals surface area contributed by atoms with Gasteiger partial charge in [-0.25, -0.2) is 4.98 Å². The zero-order chi connectivity index (χ0) is 14.8. The zero-order valence-electron chi connectivity index (χ0n) is 12.1. The number of fused-ring (bicyclic) bond motifs is 1. The molecule has 0 radical (unpaired) electrons. The van der Waals surface area contributed by atoms with Crippen LogP contribution in [0.2, 0.25) is 0 Å². The molecule has 3 rings (SSSR count). The Kier molecular flexibility index (Phi) is 4.03. The maximum atomic E-state index is 12.7. The minimum Gasteiger partial charge on any atom is -0.330 e. The van der Waals surface area contributed by atoms with Gasteiger partial charge < -0.3 is 10.6 Å². The lowest BCUT2D eigenvalue weighted by molar-refractivity contribution is 0.0980. The van der Waals surface area contributed by atoms with Crippen LogP contribution >= 0.6 is 11.3 Å². The Bertz CT molecular complexity index is 652. The van der Waals surface area contributed by atoms with Crippen LogP contribution < -0.4 is 10.6 Å². The van der Waals surface area contributed by atoms with Gasteiger partial charge in [0.2, 0.25) is 0 Å². The number of rotatable bonds is 3. The summed E-state index contributed by atoms with van der Waals surface area (Å²) in [7, 11) is 0. The van der Waals surface area contributed by atoms with Gasteiger partial charge >= 0.3 is 0 Å². The molecule has 0 fully saturated rings. The Hall–Kier alpha value is -1.72. The van der Waals surface area contributed by atoms with E-state index in [4.69, 9.17) is 5.73 Å². The van der Waals surface area contributed by atoms with Crippen molar-refractivity contribution < 1.29 is 4.79 Å². The summed E-state index contributed by atoms with van der Waals surface area (Å²) in [6.07, 6.45) is 1.72. The van der Waals surface area contributed by atoms with E-state index in [2.05, 4.69) is 18.0 Å². The predicted octanol–water partition coefficient (Wildman–Crippen LogP) is 2.80. The van der Waals surface area contributed by atoms with Gasteiger partial charge in [0.15, 0.2) is 0 Å². The van der Waals surface area contributed by atoms with E-state index in [9.17, 15) is 4.79 Å². The highest BCUT2D eigenvalue weighted by Crippen LogP contribution is 2.35. The number of carbonyl (C=O) groups excluding carboxylic acids is 1. The Morgan fingerprint density at radius 2 is 2.29 bits per heavy atom. The number of thiazole rings is 1. The van der Waals surface area contributed by atoms with E-state index in [0.717, 1.165) is 30.1 Å². The number of amides is 1. The summed E-state index contributed by atoms with van der Waals surface area (Å²) in [6.45, 7) is 3.52. The molecule has 2 heterocycles. The molecule has 0 spiro atoms. The van der Waals surface area contributed by atoms with Crippen LogP contribution in [0.25, 0.3) is 0 Å². The summed E-state index contributed by atoms with van der Waals surface area (Å²) in [5, 5.41) is 2.77. The van der Waals surface area contributed by atoms with Crippen LogP contribution in [0.3, 0.4) is 0 Å². The van der Waals surface area contributed by atoms with Gasteiger partial charge in [-0.15, -0.1) is 11.3 Å². The first-order valence-electron chi connectivity index (χ1n) is 7.26. The average Bonchev–Trinajstić information content (AvgIpc) is 2.96. The van der Waals surface area contributed by atoms with Crippen LogP contribution in [0, 0.1) is 0 Å². The number of nitrogens with two attached hydrogens (primary N) is 1. The fourth-order valence-corrected chi connectivity index (χ4v) is 3.53. The SMILES string of the molecule is CC1CCN(C(=O)c2csc(CCN)n2)c2ccccc21. The van der Waals surface area contributed by atoms with E-state index in [-0.39, 0.29) is 5.91 Å². The Labute approximate surface area is 128 Å². The maximum absolute atomic E-state index is 12.7. The van der Waals surface area contributed by atoms with Crippen molar-refractivity contribution in [2.75, 3.05) is 18.0 Å². The lowest BCUT2D eigenvalue weighted by atomic mass is 9.91. The summed E-state index contributed by atoms with van der Waals surface area (Å²) >= 11 is 1.51. The average molecular weight is 301 g/mol. The van der Waals surface area contributed by atoms with Crippen LogP contribution in [0.15, 0.2) is 29.6 Å². The van der Waals surface area contributed by atoms with E-state index in [0.29, 0.717) is 18.2 Å². The predicted molar refractivity (Wildman–Crippen MR) is 86.0 cm³/mol. The molecule has 1 aromatic carbocycles. The molecule has 1 aliphatic rings. The Balaban J connectivity index is 1.89. The van der Waals surface area contributed by atoms with E-state index in [1.807, 2.05) is 28.5 Å². The van der Waals surface area contributed by atoms with Crippen LogP contribution in [-0.4, -0.2) is 24.0 Å². The number of benzene rings is 1. The van der Waals surface area contributed by atoms with Gasteiger partial charge in [-0.3, -0.25) is 4.79 Å². The molecule has 110 valence electrons. The molecule has 5 heteroatoms. The molecule has 1 aliphatic heterocycles. The van der Waals surface area contributed by atoms with Crippen molar-refractivity contribution in [3.8, 4) is 0 Å². The van der Waals surface area contributed by atoms with Crippen molar-refractivity contribution in [2.45, 2.75) is 25.7 Å². The molecule has 1 unspecified atom stereocenters. The maximum Gasteiger partial charge on any atom is 0.277 e. The molecule has 2 aromatic rings. The molecule has 0 aliphatic carbocycles. The summed E-state index contributed by atoms with van der Waals surface area (Å²) in [6, 6.07) is 8.15. The third kappa shape index (κ3) is 2.71. The monoisotopic (exact) mass is 301 g/mol. The number of aromatic nitrogens is 1. The van der Waals surface area contributed by atoms with Gasteiger partial charge in [-0.2, -0.15) is 0 Å². The molecule has 2 N–H and O–H groups in total.